The average Bonchev–Trinajstić information content (AvgIpc) is 2.13. The molecule has 15 heavy (non-hydrogen) atoms. The molecule has 2 unspecified atom stereocenters. The van der Waals surface area contributed by atoms with Gasteiger partial charge in [0.15, 0.2) is 0 Å². The van der Waals surface area contributed by atoms with Gasteiger partial charge >= 0.3 is 0 Å². The molecule has 0 spiro atoms. The second kappa shape index (κ2) is 6.39. The molecular weight excluding hydrogens is 248 g/mol. The van der Waals surface area contributed by atoms with E-state index in [1.54, 1.807) is 11.4 Å². The number of thiol groups is 3. The Morgan fingerprint density at radius 2 is 2.33 bits per heavy atom. The Balaban J connectivity index is 2.46. The number of hydrogen-bond acceptors (Lipinski definition) is 5. The molecule has 88 valence electrons. The summed E-state index contributed by atoms with van der Waals surface area (Å²) >= 11 is 12.4. The average molecular weight is 266 g/mol. The Hall–Kier alpha value is 0.640. The molecular formula is C9H18N2OS3. The topological polar surface area (TPSA) is 23.6 Å². The molecule has 0 bridgehead atoms. The molecule has 0 aromatic carbocycles. The summed E-state index contributed by atoms with van der Waals surface area (Å²) in [5.41, 5.74) is 0. The number of carbonyl (C=O) groups is 1. The van der Waals surface area contributed by atoms with Gasteiger partial charge in [0.05, 0.1) is 6.04 Å². The number of piperidine rings is 1. The van der Waals surface area contributed by atoms with Gasteiger partial charge in [-0.2, -0.15) is 0 Å². The van der Waals surface area contributed by atoms with Crippen molar-refractivity contribution in [1.29, 1.82) is 0 Å². The Bertz CT molecular complexity index is 225. The zero-order valence-electron chi connectivity index (χ0n) is 8.83. The maximum absolute atomic E-state index is 11.3. The van der Waals surface area contributed by atoms with Gasteiger partial charge in [-0.15, -0.1) is 12.6 Å². The number of likely N-dealkylation sites (N-methyl/N-ethyl adjacent to an activating group) is 1. The van der Waals surface area contributed by atoms with E-state index in [9.17, 15) is 4.79 Å². The van der Waals surface area contributed by atoms with Crippen LogP contribution in [0.5, 0.6) is 0 Å². The maximum atomic E-state index is 11.3. The Labute approximate surface area is 108 Å². The van der Waals surface area contributed by atoms with Crippen LogP contribution in [0.2, 0.25) is 0 Å². The van der Waals surface area contributed by atoms with Crippen LogP contribution in [-0.2, 0) is 4.79 Å². The third kappa shape index (κ3) is 4.56. The Kier molecular flexibility index (Phi) is 5.84. The first-order valence-electron chi connectivity index (χ1n) is 5.09. The fourth-order valence-electron chi connectivity index (χ4n) is 1.96. The first-order valence-corrected chi connectivity index (χ1v) is 6.33. The van der Waals surface area contributed by atoms with Crippen molar-refractivity contribution in [3.05, 3.63) is 0 Å². The normalized spacial score (nSPS) is 25.5. The monoisotopic (exact) mass is 266 g/mol. The Morgan fingerprint density at radius 1 is 1.67 bits per heavy atom. The van der Waals surface area contributed by atoms with Gasteiger partial charge in [0.25, 0.3) is 0 Å². The van der Waals surface area contributed by atoms with Gasteiger partial charge in [-0.1, -0.05) is 25.6 Å². The number of hydrogen-bond donors (Lipinski definition) is 3. The van der Waals surface area contributed by atoms with E-state index in [0.29, 0.717) is 5.92 Å². The van der Waals surface area contributed by atoms with Crippen LogP contribution < -0.4 is 0 Å². The molecule has 3 nitrogen and oxygen atoms in total. The van der Waals surface area contributed by atoms with Gasteiger partial charge in [-0.25, -0.2) is 4.31 Å². The van der Waals surface area contributed by atoms with Crippen LogP contribution >= 0.6 is 38.3 Å². The summed E-state index contributed by atoms with van der Waals surface area (Å²) in [4.78, 5) is 11.3. The van der Waals surface area contributed by atoms with Crippen molar-refractivity contribution in [1.82, 2.24) is 8.61 Å². The standard InChI is InChI=1S/C9H18N2OS3/c1-10(14)8(9(12)13)5-7-3-2-4-11(15)6-7/h7-8,14-15H,2-6H2,1H3,(H,12,13). The molecule has 2 atom stereocenters. The minimum atomic E-state index is -0.193. The fourth-order valence-corrected chi connectivity index (χ4v) is 2.91. The van der Waals surface area contributed by atoms with E-state index in [1.807, 2.05) is 4.31 Å². The van der Waals surface area contributed by atoms with E-state index in [-0.39, 0.29) is 11.2 Å². The van der Waals surface area contributed by atoms with Crippen LogP contribution in [0.3, 0.4) is 0 Å². The van der Waals surface area contributed by atoms with Gasteiger partial charge in [0.2, 0.25) is 5.12 Å². The van der Waals surface area contributed by atoms with Crippen molar-refractivity contribution in [3.8, 4) is 0 Å². The lowest BCUT2D eigenvalue weighted by Crippen LogP contribution is -2.36. The second-order valence-corrected chi connectivity index (χ2v) is 5.72. The molecule has 0 radical (unpaired) electrons. The summed E-state index contributed by atoms with van der Waals surface area (Å²) in [6, 6.07) is -0.193. The predicted octanol–water partition coefficient (Wildman–Crippen LogP) is 1.53. The lowest BCUT2D eigenvalue weighted by molar-refractivity contribution is -0.114. The van der Waals surface area contributed by atoms with Crippen LogP contribution in [0.4, 0.5) is 0 Å². The van der Waals surface area contributed by atoms with Crippen molar-refractivity contribution in [3.63, 3.8) is 0 Å². The van der Waals surface area contributed by atoms with E-state index >= 15 is 0 Å². The molecule has 0 amide bonds. The largest absolute Gasteiger partial charge is 0.286 e. The molecule has 1 aliphatic heterocycles. The Morgan fingerprint density at radius 3 is 2.80 bits per heavy atom. The van der Waals surface area contributed by atoms with Gasteiger partial charge in [-0.05, 0) is 32.2 Å². The SMILES string of the molecule is CN(S)C(CC1CCCN(S)C1)C(=O)S. The lowest BCUT2D eigenvalue weighted by atomic mass is 9.93. The van der Waals surface area contributed by atoms with Crippen LogP contribution in [-0.4, -0.2) is 39.9 Å². The molecule has 0 aliphatic carbocycles. The van der Waals surface area contributed by atoms with E-state index in [4.69, 9.17) is 0 Å². The summed E-state index contributed by atoms with van der Waals surface area (Å²) < 4.78 is 3.67. The summed E-state index contributed by atoms with van der Waals surface area (Å²) in [7, 11) is 1.79. The first kappa shape index (κ1) is 13.7. The summed E-state index contributed by atoms with van der Waals surface area (Å²) in [5, 5.41) is -0.108. The highest BCUT2D eigenvalue weighted by atomic mass is 32.1. The quantitative estimate of drug-likeness (QED) is 0.673. The molecule has 0 N–H and O–H groups in total. The van der Waals surface area contributed by atoms with Gasteiger partial charge in [0, 0.05) is 13.1 Å². The smallest absolute Gasteiger partial charge is 0.203 e. The minimum absolute atomic E-state index is 0.108. The molecule has 1 rings (SSSR count). The molecule has 0 saturated carbocycles. The molecule has 0 aromatic rings. The molecule has 1 fully saturated rings. The summed E-state index contributed by atoms with van der Waals surface area (Å²) in [6.45, 7) is 1.98. The van der Waals surface area contributed by atoms with Crippen molar-refractivity contribution >= 4 is 43.4 Å². The van der Waals surface area contributed by atoms with Gasteiger partial charge < -0.3 is 0 Å². The van der Waals surface area contributed by atoms with Gasteiger partial charge in [-0.3, -0.25) is 9.10 Å². The molecule has 1 heterocycles. The molecule has 6 heteroatoms. The van der Waals surface area contributed by atoms with Crippen molar-refractivity contribution < 1.29 is 4.79 Å². The van der Waals surface area contributed by atoms with Crippen LogP contribution in [0.1, 0.15) is 19.3 Å². The highest BCUT2D eigenvalue weighted by molar-refractivity contribution is 7.96. The maximum Gasteiger partial charge on any atom is 0.203 e. The highest BCUT2D eigenvalue weighted by Crippen LogP contribution is 2.24. The third-order valence-corrected chi connectivity index (χ3v) is 3.73. The van der Waals surface area contributed by atoms with Crippen molar-refractivity contribution in [2.24, 2.45) is 5.92 Å². The number of nitrogens with zero attached hydrogens (tertiary/aromatic N) is 2. The van der Waals surface area contributed by atoms with Crippen LogP contribution in [0.25, 0.3) is 0 Å². The predicted molar refractivity (Wildman–Crippen MR) is 72.4 cm³/mol. The lowest BCUT2D eigenvalue weighted by Gasteiger charge is -2.31. The first-order chi connectivity index (χ1) is 7.00. The van der Waals surface area contributed by atoms with Crippen molar-refractivity contribution in [2.75, 3.05) is 20.1 Å². The third-order valence-electron chi connectivity index (χ3n) is 2.79. The number of carbonyl (C=O) groups excluding carboxylic acids is 1. The van der Waals surface area contributed by atoms with Gasteiger partial charge in [0.1, 0.15) is 0 Å². The fraction of sp³-hybridized carbons (Fsp3) is 0.889. The van der Waals surface area contributed by atoms with E-state index < -0.39 is 0 Å². The van der Waals surface area contributed by atoms with Crippen molar-refractivity contribution in [2.45, 2.75) is 25.3 Å². The highest BCUT2D eigenvalue weighted by Gasteiger charge is 2.26. The zero-order valence-corrected chi connectivity index (χ0v) is 11.5. The van der Waals surface area contributed by atoms with E-state index in [0.717, 1.165) is 32.4 Å². The minimum Gasteiger partial charge on any atom is -0.286 e. The molecule has 1 saturated heterocycles. The number of rotatable bonds is 4. The zero-order chi connectivity index (χ0) is 11.4. The van der Waals surface area contributed by atoms with Crippen LogP contribution in [0, 0.1) is 5.92 Å². The van der Waals surface area contributed by atoms with E-state index in [1.165, 1.54) is 0 Å². The van der Waals surface area contributed by atoms with E-state index in [2.05, 4.69) is 38.3 Å². The molecule has 0 aromatic heterocycles. The van der Waals surface area contributed by atoms with Crippen LogP contribution in [0.15, 0.2) is 0 Å². The second-order valence-electron chi connectivity index (χ2n) is 4.08. The summed E-state index contributed by atoms with van der Waals surface area (Å²) in [6.07, 6.45) is 3.13. The summed E-state index contributed by atoms with van der Waals surface area (Å²) in [5.74, 6) is 0.520. The molecule has 1 aliphatic rings.